The Kier molecular flexibility index (Phi) is 3.25. The molecule has 3 heteroatoms. The minimum atomic E-state index is -0.314. The average molecular weight is 265 g/mol. The van der Waals surface area contributed by atoms with Crippen molar-refractivity contribution in [1.29, 1.82) is 0 Å². The molecule has 0 unspecified atom stereocenters. The molecule has 0 spiro atoms. The third-order valence-corrected chi connectivity index (χ3v) is 3.26. The fraction of sp³-hybridized carbons (Fsp3) is 0.118. The molecule has 0 saturated heterocycles. The van der Waals surface area contributed by atoms with Gasteiger partial charge in [0.05, 0.1) is 12.3 Å². The smallest absolute Gasteiger partial charge is 0.355 e. The van der Waals surface area contributed by atoms with Crippen molar-refractivity contribution in [3.8, 4) is 11.3 Å². The molecule has 3 nitrogen and oxygen atoms in total. The van der Waals surface area contributed by atoms with Crippen molar-refractivity contribution in [2.24, 2.45) is 0 Å². The summed E-state index contributed by atoms with van der Waals surface area (Å²) < 4.78 is 5.12. The van der Waals surface area contributed by atoms with Gasteiger partial charge in [-0.2, -0.15) is 0 Å². The van der Waals surface area contributed by atoms with Gasteiger partial charge in [0, 0.05) is 10.8 Å². The van der Waals surface area contributed by atoms with E-state index in [-0.39, 0.29) is 5.97 Å². The summed E-state index contributed by atoms with van der Waals surface area (Å²) in [4.78, 5) is 15.3. The number of hydrogen-bond acceptors (Lipinski definition) is 2. The van der Waals surface area contributed by atoms with Crippen LogP contribution < -0.4 is 0 Å². The number of hydrogen-bond donors (Lipinski definition) is 1. The summed E-state index contributed by atoms with van der Waals surface area (Å²) in [7, 11) is 0. The molecule has 0 radical (unpaired) electrons. The second-order valence-electron chi connectivity index (χ2n) is 4.51. The van der Waals surface area contributed by atoms with Gasteiger partial charge in [0.1, 0.15) is 5.69 Å². The Morgan fingerprint density at radius 1 is 1.00 bits per heavy atom. The Morgan fingerprint density at radius 2 is 1.65 bits per heavy atom. The summed E-state index contributed by atoms with van der Waals surface area (Å²) in [6.07, 6.45) is 0. The molecule has 0 bridgehead atoms. The molecule has 0 atom stereocenters. The predicted molar refractivity (Wildman–Crippen MR) is 79.7 cm³/mol. The number of rotatable bonds is 3. The maximum Gasteiger partial charge on any atom is 0.355 e. The number of aromatic nitrogens is 1. The van der Waals surface area contributed by atoms with Crippen molar-refractivity contribution in [2.45, 2.75) is 6.92 Å². The zero-order valence-electron chi connectivity index (χ0n) is 11.2. The Hall–Kier alpha value is -2.55. The van der Waals surface area contributed by atoms with Crippen LogP contribution >= 0.6 is 0 Å². The van der Waals surface area contributed by atoms with Crippen LogP contribution in [0, 0.1) is 0 Å². The van der Waals surface area contributed by atoms with E-state index in [1.807, 2.05) is 54.6 Å². The van der Waals surface area contributed by atoms with Crippen molar-refractivity contribution >= 4 is 16.7 Å². The van der Waals surface area contributed by atoms with Crippen molar-refractivity contribution in [1.82, 2.24) is 4.98 Å². The molecule has 1 heterocycles. The van der Waals surface area contributed by atoms with E-state index in [2.05, 4.69) is 4.98 Å². The Balaban J connectivity index is 2.22. The van der Waals surface area contributed by atoms with E-state index in [9.17, 15) is 4.79 Å². The summed E-state index contributed by atoms with van der Waals surface area (Å²) >= 11 is 0. The lowest BCUT2D eigenvalue weighted by atomic mass is 10.1. The largest absolute Gasteiger partial charge is 0.461 e. The molecule has 0 aliphatic heterocycles. The molecule has 0 amide bonds. The second kappa shape index (κ2) is 5.21. The first kappa shape index (κ1) is 12.5. The zero-order chi connectivity index (χ0) is 13.9. The maximum absolute atomic E-state index is 12.0. The summed E-state index contributed by atoms with van der Waals surface area (Å²) in [5.74, 6) is -0.314. The van der Waals surface area contributed by atoms with E-state index < -0.39 is 0 Å². The Morgan fingerprint density at radius 3 is 2.35 bits per heavy atom. The highest BCUT2D eigenvalue weighted by atomic mass is 16.5. The molecule has 3 rings (SSSR count). The first-order valence-electron chi connectivity index (χ1n) is 6.64. The van der Waals surface area contributed by atoms with Gasteiger partial charge in [0.25, 0.3) is 0 Å². The highest BCUT2D eigenvalue weighted by molar-refractivity contribution is 6.08. The standard InChI is InChI=1S/C17H15NO2/c1-2-20-17(19)16-14-11-7-6-10-13(14)15(18-16)12-8-4-3-5-9-12/h3-11,18H,2H2,1H3. The molecule has 1 N–H and O–H groups in total. The molecule has 3 aromatic rings. The summed E-state index contributed by atoms with van der Waals surface area (Å²) in [6.45, 7) is 2.17. The summed E-state index contributed by atoms with van der Waals surface area (Å²) in [6, 6.07) is 17.8. The second-order valence-corrected chi connectivity index (χ2v) is 4.51. The van der Waals surface area contributed by atoms with Gasteiger partial charge >= 0.3 is 5.97 Å². The number of carbonyl (C=O) groups is 1. The van der Waals surface area contributed by atoms with Crippen molar-refractivity contribution < 1.29 is 9.53 Å². The SMILES string of the molecule is CCOC(=O)c1[nH]c(-c2ccccc2)c2ccccc12. The van der Waals surface area contributed by atoms with Crippen LogP contribution in [0.2, 0.25) is 0 Å². The highest BCUT2D eigenvalue weighted by Crippen LogP contribution is 2.30. The van der Waals surface area contributed by atoms with Crippen LogP contribution in [0.15, 0.2) is 54.6 Å². The molecule has 100 valence electrons. The fourth-order valence-electron chi connectivity index (χ4n) is 2.38. The number of benzene rings is 2. The molecular formula is C17H15NO2. The highest BCUT2D eigenvalue weighted by Gasteiger charge is 2.17. The molecule has 0 aliphatic carbocycles. The molecular weight excluding hydrogens is 250 g/mol. The van der Waals surface area contributed by atoms with Crippen molar-refractivity contribution in [2.75, 3.05) is 6.61 Å². The minimum absolute atomic E-state index is 0.314. The fourth-order valence-corrected chi connectivity index (χ4v) is 2.38. The molecule has 0 aliphatic rings. The number of esters is 1. The number of H-pyrrole nitrogens is 1. The van der Waals surface area contributed by atoms with Crippen LogP contribution in [0.1, 0.15) is 17.4 Å². The topological polar surface area (TPSA) is 42.1 Å². The van der Waals surface area contributed by atoms with Gasteiger partial charge in [0.15, 0.2) is 0 Å². The van der Waals surface area contributed by atoms with Gasteiger partial charge in [-0.25, -0.2) is 4.79 Å². The minimum Gasteiger partial charge on any atom is -0.461 e. The van der Waals surface area contributed by atoms with E-state index in [0.717, 1.165) is 22.0 Å². The number of ether oxygens (including phenoxy) is 1. The van der Waals surface area contributed by atoms with E-state index in [0.29, 0.717) is 12.3 Å². The van der Waals surface area contributed by atoms with Gasteiger partial charge in [-0.05, 0) is 12.5 Å². The lowest BCUT2D eigenvalue weighted by Crippen LogP contribution is -2.05. The van der Waals surface area contributed by atoms with Gasteiger partial charge in [-0.1, -0.05) is 54.6 Å². The lowest BCUT2D eigenvalue weighted by Gasteiger charge is -1.99. The van der Waals surface area contributed by atoms with Crippen LogP contribution in [0.4, 0.5) is 0 Å². The normalized spacial score (nSPS) is 10.7. The van der Waals surface area contributed by atoms with Crippen LogP contribution in [-0.2, 0) is 4.74 Å². The first-order valence-corrected chi connectivity index (χ1v) is 6.64. The number of fused-ring (bicyclic) bond motifs is 1. The average Bonchev–Trinajstić information content (AvgIpc) is 2.88. The Bertz CT molecular complexity index is 744. The maximum atomic E-state index is 12.0. The van der Waals surface area contributed by atoms with Crippen LogP contribution in [0.3, 0.4) is 0 Å². The molecule has 20 heavy (non-hydrogen) atoms. The van der Waals surface area contributed by atoms with Gasteiger partial charge < -0.3 is 9.72 Å². The zero-order valence-corrected chi connectivity index (χ0v) is 11.2. The van der Waals surface area contributed by atoms with Crippen molar-refractivity contribution in [3.05, 3.63) is 60.3 Å². The monoisotopic (exact) mass is 265 g/mol. The quantitative estimate of drug-likeness (QED) is 0.727. The predicted octanol–water partition coefficient (Wildman–Crippen LogP) is 4.01. The van der Waals surface area contributed by atoms with Gasteiger partial charge in [-0.15, -0.1) is 0 Å². The van der Waals surface area contributed by atoms with Crippen LogP contribution in [0.5, 0.6) is 0 Å². The lowest BCUT2D eigenvalue weighted by molar-refractivity contribution is 0.0522. The van der Waals surface area contributed by atoms with Crippen LogP contribution in [0.25, 0.3) is 22.0 Å². The summed E-state index contributed by atoms with van der Waals surface area (Å²) in [5.41, 5.74) is 2.52. The van der Waals surface area contributed by atoms with E-state index in [1.54, 1.807) is 6.92 Å². The third-order valence-electron chi connectivity index (χ3n) is 3.26. The van der Waals surface area contributed by atoms with Gasteiger partial charge in [-0.3, -0.25) is 0 Å². The van der Waals surface area contributed by atoms with Crippen LogP contribution in [-0.4, -0.2) is 17.6 Å². The molecule has 2 aromatic carbocycles. The van der Waals surface area contributed by atoms with Gasteiger partial charge in [0.2, 0.25) is 0 Å². The molecule has 0 saturated carbocycles. The number of carbonyl (C=O) groups excluding carboxylic acids is 1. The van der Waals surface area contributed by atoms with E-state index in [1.165, 1.54) is 0 Å². The Labute approximate surface area is 117 Å². The molecule has 0 fully saturated rings. The van der Waals surface area contributed by atoms with E-state index in [4.69, 9.17) is 4.74 Å². The first-order chi connectivity index (χ1) is 9.81. The summed E-state index contributed by atoms with van der Waals surface area (Å²) in [5, 5.41) is 1.92. The number of nitrogens with one attached hydrogen (secondary N) is 1. The van der Waals surface area contributed by atoms with E-state index >= 15 is 0 Å². The third kappa shape index (κ3) is 2.07. The molecule has 1 aromatic heterocycles. The van der Waals surface area contributed by atoms with Crippen molar-refractivity contribution in [3.63, 3.8) is 0 Å². The number of aromatic amines is 1.